The summed E-state index contributed by atoms with van der Waals surface area (Å²) < 4.78 is 11.6. The molecule has 168 valence electrons. The third-order valence-electron chi connectivity index (χ3n) is 5.59. The molecule has 0 aliphatic rings. The summed E-state index contributed by atoms with van der Waals surface area (Å²) in [4.78, 5) is 12.6. The van der Waals surface area contributed by atoms with E-state index >= 15 is 0 Å². The van der Waals surface area contributed by atoms with Crippen LogP contribution in [0.4, 0.5) is 0 Å². The molecule has 0 saturated heterocycles. The van der Waals surface area contributed by atoms with Crippen LogP contribution in [-0.2, 0) is 11.3 Å². The smallest absolute Gasteiger partial charge is 0.244 e. The summed E-state index contributed by atoms with van der Waals surface area (Å²) in [6, 6.07) is 17.0. The van der Waals surface area contributed by atoms with Crippen LogP contribution < -0.4 is 10.1 Å². The molecule has 1 heterocycles. The summed E-state index contributed by atoms with van der Waals surface area (Å²) in [7, 11) is 1.62. The molecule has 0 fully saturated rings. The van der Waals surface area contributed by atoms with Crippen molar-refractivity contribution in [1.29, 1.82) is 0 Å². The number of carbonyl (C=O) groups is 1. The Morgan fingerprint density at radius 3 is 2.55 bits per heavy atom. The maximum Gasteiger partial charge on any atom is 0.244 e. The Morgan fingerprint density at radius 2 is 1.85 bits per heavy atom. The Labute approximate surface area is 202 Å². The lowest BCUT2D eigenvalue weighted by atomic mass is 9.96. The van der Waals surface area contributed by atoms with Crippen LogP contribution in [0.25, 0.3) is 27.7 Å². The van der Waals surface area contributed by atoms with Crippen molar-refractivity contribution in [1.82, 2.24) is 5.32 Å². The van der Waals surface area contributed by atoms with Crippen LogP contribution >= 0.6 is 23.2 Å². The largest absolute Gasteiger partial charge is 0.496 e. The van der Waals surface area contributed by atoms with Gasteiger partial charge in [-0.05, 0) is 54.8 Å². The number of hydrogen-bond acceptors (Lipinski definition) is 3. The van der Waals surface area contributed by atoms with Gasteiger partial charge in [-0.3, -0.25) is 4.79 Å². The van der Waals surface area contributed by atoms with Gasteiger partial charge in [-0.15, -0.1) is 0 Å². The number of benzene rings is 3. The molecule has 0 aliphatic carbocycles. The summed E-state index contributed by atoms with van der Waals surface area (Å²) in [5.41, 5.74) is 6.02. The third kappa shape index (κ3) is 4.77. The number of aryl methyl sites for hydroxylation is 1. The fourth-order valence-electron chi connectivity index (χ4n) is 3.87. The molecular formula is C27H23Cl2NO3. The van der Waals surface area contributed by atoms with Crippen LogP contribution in [0.2, 0.25) is 10.0 Å². The average molecular weight is 480 g/mol. The minimum Gasteiger partial charge on any atom is -0.496 e. The molecule has 4 aromatic rings. The first kappa shape index (κ1) is 23.0. The van der Waals surface area contributed by atoms with E-state index in [0.29, 0.717) is 22.3 Å². The highest BCUT2D eigenvalue weighted by molar-refractivity contribution is 6.31. The van der Waals surface area contributed by atoms with E-state index < -0.39 is 0 Å². The zero-order valence-corrected chi connectivity index (χ0v) is 20.1. The number of allylic oxidation sites excluding steroid dienone is 1. The minimum atomic E-state index is -0.211. The average Bonchev–Trinajstić information content (AvgIpc) is 3.23. The van der Waals surface area contributed by atoms with Gasteiger partial charge in [-0.1, -0.05) is 53.5 Å². The number of nitrogens with one attached hydrogen (secondary N) is 1. The summed E-state index contributed by atoms with van der Waals surface area (Å²) in [5, 5.41) is 5.13. The number of fused-ring (bicyclic) bond motifs is 1. The monoisotopic (exact) mass is 479 g/mol. The van der Waals surface area contributed by atoms with Crippen LogP contribution in [0.3, 0.4) is 0 Å². The lowest BCUT2D eigenvalue weighted by Crippen LogP contribution is -2.20. The molecule has 1 amide bonds. The minimum absolute atomic E-state index is 0.211. The first-order valence-corrected chi connectivity index (χ1v) is 11.2. The zero-order chi connectivity index (χ0) is 23.5. The lowest BCUT2D eigenvalue weighted by molar-refractivity contribution is -0.116. The number of furan rings is 1. The maximum absolute atomic E-state index is 12.6. The molecule has 1 aromatic heterocycles. The van der Waals surface area contributed by atoms with Crippen molar-refractivity contribution in [3.8, 4) is 16.9 Å². The molecule has 0 spiro atoms. The molecular weight excluding hydrogens is 457 g/mol. The normalized spacial score (nSPS) is 11.6. The Hall–Kier alpha value is -3.21. The highest BCUT2D eigenvalue weighted by Gasteiger charge is 2.19. The SMILES string of the molecule is COc1c(/C(C)=C/C(=O)NCc2ccccc2Cl)cc2c(-c3ccc(Cl)cc3)coc2c1C. The van der Waals surface area contributed by atoms with E-state index in [1.165, 1.54) is 0 Å². The van der Waals surface area contributed by atoms with E-state index in [1.54, 1.807) is 25.5 Å². The van der Waals surface area contributed by atoms with Crippen molar-refractivity contribution < 1.29 is 13.9 Å². The Kier molecular flexibility index (Phi) is 6.77. The van der Waals surface area contributed by atoms with Gasteiger partial charge < -0.3 is 14.5 Å². The lowest BCUT2D eigenvalue weighted by Gasteiger charge is -2.13. The molecule has 1 N–H and O–H groups in total. The number of methoxy groups -OCH3 is 1. The van der Waals surface area contributed by atoms with E-state index in [0.717, 1.165) is 44.4 Å². The van der Waals surface area contributed by atoms with Crippen LogP contribution in [0.1, 0.15) is 23.6 Å². The van der Waals surface area contributed by atoms with Gasteiger partial charge in [0.05, 0.1) is 13.4 Å². The number of carbonyl (C=O) groups excluding carboxylic acids is 1. The van der Waals surface area contributed by atoms with Crippen LogP contribution in [-0.4, -0.2) is 13.0 Å². The van der Waals surface area contributed by atoms with Crippen molar-refractivity contribution in [3.63, 3.8) is 0 Å². The van der Waals surface area contributed by atoms with Gasteiger partial charge >= 0.3 is 0 Å². The molecule has 0 bridgehead atoms. The standard InChI is InChI=1S/C27H23Cl2NO3/c1-16(12-25(31)30-14-19-6-4-5-7-24(19)29)21-13-22-23(18-8-10-20(28)11-9-18)15-33-27(22)17(2)26(21)32-3/h4-13,15H,14H2,1-3H3,(H,30,31)/b16-12+. The Morgan fingerprint density at radius 1 is 1.12 bits per heavy atom. The first-order valence-electron chi connectivity index (χ1n) is 10.4. The second kappa shape index (κ2) is 9.74. The van der Waals surface area contributed by atoms with E-state index in [1.807, 2.05) is 62.4 Å². The predicted molar refractivity (Wildman–Crippen MR) is 135 cm³/mol. The predicted octanol–water partition coefficient (Wildman–Crippen LogP) is 7.44. The van der Waals surface area contributed by atoms with Gasteiger partial charge in [-0.25, -0.2) is 0 Å². The van der Waals surface area contributed by atoms with E-state index in [-0.39, 0.29) is 5.91 Å². The number of hydrogen-bond donors (Lipinski definition) is 1. The molecule has 0 aliphatic heterocycles. The molecule has 6 heteroatoms. The van der Waals surface area contributed by atoms with Crippen molar-refractivity contribution in [2.24, 2.45) is 0 Å². The highest BCUT2D eigenvalue weighted by atomic mass is 35.5. The number of amides is 1. The van der Waals surface area contributed by atoms with Crippen LogP contribution in [0.15, 0.2) is 71.4 Å². The summed E-state index contributed by atoms with van der Waals surface area (Å²) in [6.45, 7) is 4.19. The molecule has 33 heavy (non-hydrogen) atoms. The Bertz CT molecular complexity index is 1350. The molecule has 0 saturated carbocycles. The number of rotatable bonds is 6. The second-order valence-corrected chi connectivity index (χ2v) is 8.60. The quantitative estimate of drug-likeness (QED) is 0.292. The maximum atomic E-state index is 12.6. The zero-order valence-electron chi connectivity index (χ0n) is 18.5. The van der Waals surface area contributed by atoms with Crippen molar-refractivity contribution in [2.45, 2.75) is 20.4 Å². The van der Waals surface area contributed by atoms with Crippen molar-refractivity contribution in [2.75, 3.05) is 7.11 Å². The van der Waals surface area contributed by atoms with Crippen LogP contribution in [0, 0.1) is 6.92 Å². The fraction of sp³-hybridized carbons (Fsp3) is 0.148. The number of ether oxygens (including phenoxy) is 1. The molecule has 0 atom stereocenters. The second-order valence-electron chi connectivity index (χ2n) is 7.75. The first-order chi connectivity index (χ1) is 15.9. The topological polar surface area (TPSA) is 51.5 Å². The summed E-state index contributed by atoms with van der Waals surface area (Å²) in [5.74, 6) is 0.463. The van der Waals surface area contributed by atoms with Gasteiger partial charge in [0.15, 0.2) is 0 Å². The molecule has 4 nitrogen and oxygen atoms in total. The van der Waals surface area contributed by atoms with E-state index in [2.05, 4.69) is 5.32 Å². The van der Waals surface area contributed by atoms with E-state index in [9.17, 15) is 4.79 Å². The van der Waals surface area contributed by atoms with Gasteiger partial charge in [0, 0.05) is 44.7 Å². The number of halogens is 2. The molecule has 0 radical (unpaired) electrons. The molecule has 3 aromatic carbocycles. The summed E-state index contributed by atoms with van der Waals surface area (Å²) >= 11 is 12.2. The van der Waals surface area contributed by atoms with Gasteiger partial charge in [0.25, 0.3) is 0 Å². The summed E-state index contributed by atoms with van der Waals surface area (Å²) in [6.07, 6.45) is 3.31. The van der Waals surface area contributed by atoms with Gasteiger partial charge in [0.2, 0.25) is 5.91 Å². The van der Waals surface area contributed by atoms with Crippen molar-refractivity contribution >= 4 is 45.7 Å². The highest BCUT2D eigenvalue weighted by Crippen LogP contribution is 2.40. The van der Waals surface area contributed by atoms with Gasteiger partial charge in [0.1, 0.15) is 11.3 Å². The third-order valence-corrected chi connectivity index (χ3v) is 6.21. The molecule has 0 unspecified atom stereocenters. The fourth-order valence-corrected chi connectivity index (χ4v) is 4.20. The van der Waals surface area contributed by atoms with Crippen LogP contribution in [0.5, 0.6) is 5.75 Å². The molecule has 4 rings (SSSR count). The Balaban J connectivity index is 1.69. The van der Waals surface area contributed by atoms with Crippen molar-refractivity contribution in [3.05, 3.63) is 93.7 Å². The van der Waals surface area contributed by atoms with E-state index in [4.69, 9.17) is 32.4 Å². The van der Waals surface area contributed by atoms with Gasteiger partial charge in [-0.2, -0.15) is 0 Å².